The van der Waals surface area contributed by atoms with Crippen molar-refractivity contribution in [1.82, 2.24) is 4.98 Å². The summed E-state index contributed by atoms with van der Waals surface area (Å²) in [7, 11) is 2.03. The van der Waals surface area contributed by atoms with E-state index in [4.69, 9.17) is 5.73 Å². The van der Waals surface area contributed by atoms with E-state index in [1.807, 2.05) is 49.6 Å². The van der Waals surface area contributed by atoms with Gasteiger partial charge in [0.25, 0.3) is 0 Å². The van der Waals surface area contributed by atoms with E-state index in [-0.39, 0.29) is 0 Å². The lowest BCUT2D eigenvalue weighted by Crippen LogP contribution is -2.10. The zero-order chi connectivity index (χ0) is 12.5. The molecular weight excluding hydrogens is 222 g/mol. The zero-order valence-corrected chi connectivity index (χ0v) is 10.2. The van der Waals surface area contributed by atoms with Gasteiger partial charge in [0.1, 0.15) is 0 Å². The van der Waals surface area contributed by atoms with Gasteiger partial charge >= 0.3 is 0 Å². The van der Waals surface area contributed by atoms with Gasteiger partial charge in [-0.25, -0.2) is 0 Å². The van der Waals surface area contributed by atoms with Gasteiger partial charge in [-0.1, -0.05) is 30.3 Å². The average Bonchev–Trinajstić information content (AvgIpc) is 2.82. The number of anilines is 3. The van der Waals surface area contributed by atoms with Crippen molar-refractivity contribution in [2.45, 2.75) is 0 Å². The van der Waals surface area contributed by atoms with Crippen LogP contribution in [-0.2, 0) is 0 Å². The molecule has 0 fully saturated rings. The molecule has 1 heterocycles. The molecule has 0 radical (unpaired) electrons. The lowest BCUT2D eigenvalue weighted by Gasteiger charge is -2.20. The molecule has 0 atom stereocenters. The first-order chi connectivity index (χ1) is 8.77. The molecule has 18 heavy (non-hydrogen) atoms. The molecule has 2 aromatic carbocycles. The minimum Gasteiger partial charge on any atom is -0.397 e. The molecule has 1 aromatic heterocycles. The van der Waals surface area contributed by atoms with Crippen LogP contribution in [0.3, 0.4) is 0 Å². The van der Waals surface area contributed by atoms with Gasteiger partial charge in [0.15, 0.2) is 0 Å². The molecule has 3 heteroatoms. The van der Waals surface area contributed by atoms with Crippen LogP contribution < -0.4 is 10.6 Å². The molecule has 90 valence electrons. The van der Waals surface area contributed by atoms with Crippen molar-refractivity contribution in [3.8, 4) is 0 Å². The Kier molecular flexibility index (Phi) is 2.45. The Bertz CT molecular complexity index is 685. The molecule has 0 amide bonds. The summed E-state index contributed by atoms with van der Waals surface area (Å²) in [6.07, 6.45) is 2.01. The summed E-state index contributed by atoms with van der Waals surface area (Å²) >= 11 is 0. The zero-order valence-electron chi connectivity index (χ0n) is 10.2. The first kappa shape index (κ1) is 10.7. The SMILES string of the molecule is CN(c1ccccc1N)c1c[nH]c2ccccc12. The predicted molar refractivity (Wildman–Crippen MR) is 77.2 cm³/mol. The molecule has 3 nitrogen and oxygen atoms in total. The number of nitrogens with zero attached hydrogens (tertiary/aromatic N) is 1. The largest absolute Gasteiger partial charge is 0.397 e. The van der Waals surface area contributed by atoms with E-state index in [1.54, 1.807) is 0 Å². The predicted octanol–water partition coefficient (Wildman–Crippen LogP) is 3.52. The molecule has 3 aromatic rings. The summed E-state index contributed by atoms with van der Waals surface area (Å²) in [6.45, 7) is 0. The van der Waals surface area contributed by atoms with Crippen LogP contribution >= 0.6 is 0 Å². The highest BCUT2D eigenvalue weighted by Gasteiger charge is 2.11. The summed E-state index contributed by atoms with van der Waals surface area (Å²) in [6, 6.07) is 16.1. The lowest BCUT2D eigenvalue weighted by atomic mass is 10.2. The number of H-pyrrole nitrogens is 1. The number of benzene rings is 2. The third kappa shape index (κ3) is 1.61. The molecule has 0 bridgehead atoms. The third-order valence-electron chi connectivity index (χ3n) is 3.23. The fourth-order valence-corrected chi connectivity index (χ4v) is 2.26. The standard InChI is InChI=1S/C15H15N3/c1-18(14-9-5-3-7-12(14)16)15-10-17-13-8-4-2-6-11(13)15/h2-10,17H,16H2,1H3. The number of rotatable bonds is 2. The Morgan fingerprint density at radius 2 is 1.67 bits per heavy atom. The third-order valence-corrected chi connectivity index (χ3v) is 3.23. The Morgan fingerprint density at radius 1 is 0.944 bits per heavy atom. The van der Waals surface area contributed by atoms with Crippen molar-refractivity contribution in [1.29, 1.82) is 0 Å². The van der Waals surface area contributed by atoms with Crippen LogP contribution in [0.15, 0.2) is 54.7 Å². The second-order valence-electron chi connectivity index (χ2n) is 4.34. The van der Waals surface area contributed by atoms with Crippen LogP contribution in [0.25, 0.3) is 10.9 Å². The monoisotopic (exact) mass is 237 g/mol. The summed E-state index contributed by atoms with van der Waals surface area (Å²) < 4.78 is 0. The molecular formula is C15H15N3. The molecule has 0 aliphatic rings. The average molecular weight is 237 g/mol. The van der Waals surface area contributed by atoms with Crippen LogP contribution in [0.1, 0.15) is 0 Å². The quantitative estimate of drug-likeness (QED) is 0.670. The van der Waals surface area contributed by atoms with Crippen LogP contribution in [0.2, 0.25) is 0 Å². The van der Waals surface area contributed by atoms with E-state index in [0.29, 0.717) is 0 Å². The van der Waals surface area contributed by atoms with E-state index in [1.165, 1.54) is 5.39 Å². The fourth-order valence-electron chi connectivity index (χ4n) is 2.26. The minimum absolute atomic E-state index is 0.783. The van der Waals surface area contributed by atoms with Crippen molar-refractivity contribution < 1.29 is 0 Å². The number of nitrogens with one attached hydrogen (secondary N) is 1. The molecule has 3 rings (SSSR count). The highest BCUT2D eigenvalue weighted by Crippen LogP contribution is 2.33. The second-order valence-corrected chi connectivity index (χ2v) is 4.34. The first-order valence-electron chi connectivity index (χ1n) is 5.92. The minimum atomic E-state index is 0.783. The Morgan fingerprint density at radius 3 is 2.50 bits per heavy atom. The fraction of sp³-hybridized carbons (Fsp3) is 0.0667. The highest BCUT2D eigenvalue weighted by molar-refractivity contribution is 5.95. The number of aromatic amines is 1. The smallest absolute Gasteiger partial charge is 0.0666 e. The van der Waals surface area contributed by atoms with E-state index in [2.05, 4.69) is 22.0 Å². The van der Waals surface area contributed by atoms with Crippen LogP contribution in [0.5, 0.6) is 0 Å². The number of hydrogen-bond acceptors (Lipinski definition) is 2. The number of aromatic nitrogens is 1. The highest BCUT2D eigenvalue weighted by atomic mass is 15.1. The Hall–Kier alpha value is -2.42. The first-order valence-corrected chi connectivity index (χ1v) is 5.92. The van der Waals surface area contributed by atoms with E-state index >= 15 is 0 Å². The van der Waals surface area contributed by atoms with E-state index < -0.39 is 0 Å². The number of para-hydroxylation sites is 3. The van der Waals surface area contributed by atoms with Gasteiger partial charge in [-0.15, -0.1) is 0 Å². The second kappa shape index (κ2) is 4.11. The van der Waals surface area contributed by atoms with Gasteiger partial charge in [-0.05, 0) is 18.2 Å². The Balaban J connectivity index is 2.13. The maximum Gasteiger partial charge on any atom is 0.0666 e. The van der Waals surface area contributed by atoms with Crippen molar-refractivity contribution in [3.63, 3.8) is 0 Å². The van der Waals surface area contributed by atoms with Crippen LogP contribution in [0.4, 0.5) is 17.1 Å². The maximum absolute atomic E-state index is 6.02. The van der Waals surface area contributed by atoms with Gasteiger partial charge in [0.2, 0.25) is 0 Å². The van der Waals surface area contributed by atoms with Gasteiger partial charge in [0.05, 0.1) is 17.1 Å². The van der Waals surface area contributed by atoms with Gasteiger partial charge in [-0.3, -0.25) is 0 Å². The summed E-state index contributed by atoms with van der Waals surface area (Å²) in [5, 5.41) is 1.20. The van der Waals surface area contributed by atoms with Crippen molar-refractivity contribution >= 4 is 28.0 Å². The van der Waals surface area contributed by atoms with Crippen molar-refractivity contribution in [2.75, 3.05) is 17.7 Å². The summed E-state index contributed by atoms with van der Waals surface area (Å²) in [5.41, 5.74) is 10.1. The normalized spacial score (nSPS) is 10.7. The summed E-state index contributed by atoms with van der Waals surface area (Å²) in [4.78, 5) is 5.38. The molecule has 0 aliphatic heterocycles. The summed E-state index contributed by atoms with van der Waals surface area (Å²) in [5.74, 6) is 0. The van der Waals surface area contributed by atoms with Crippen LogP contribution in [0, 0.1) is 0 Å². The molecule has 0 aliphatic carbocycles. The molecule has 0 spiro atoms. The van der Waals surface area contributed by atoms with E-state index in [9.17, 15) is 0 Å². The van der Waals surface area contributed by atoms with Gasteiger partial charge in [-0.2, -0.15) is 0 Å². The van der Waals surface area contributed by atoms with Crippen molar-refractivity contribution in [2.24, 2.45) is 0 Å². The van der Waals surface area contributed by atoms with Gasteiger partial charge in [0, 0.05) is 24.1 Å². The molecule has 3 N–H and O–H groups in total. The number of hydrogen-bond donors (Lipinski definition) is 2. The molecule has 0 saturated heterocycles. The number of nitrogen functional groups attached to an aromatic ring is 1. The van der Waals surface area contributed by atoms with E-state index in [0.717, 1.165) is 22.6 Å². The van der Waals surface area contributed by atoms with Gasteiger partial charge < -0.3 is 15.6 Å². The lowest BCUT2D eigenvalue weighted by molar-refractivity contribution is 1.22. The molecule has 0 unspecified atom stereocenters. The number of fused-ring (bicyclic) bond motifs is 1. The molecule has 0 saturated carbocycles. The topological polar surface area (TPSA) is 45.0 Å². The maximum atomic E-state index is 6.02. The van der Waals surface area contributed by atoms with Crippen molar-refractivity contribution in [3.05, 3.63) is 54.7 Å². The number of nitrogens with two attached hydrogens (primary N) is 1. The Labute approximate surface area is 106 Å². The van der Waals surface area contributed by atoms with Crippen LogP contribution in [-0.4, -0.2) is 12.0 Å².